The van der Waals surface area contributed by atoms with Gasteiger partial charge in [0.15, 0.2) is 0 Å². The lowest BCUT2D eigenvalue weighted by Gasteiger charge is -2.26. The van der Waals surface area contributed by atoms with Crippen molar-refractivity contribution in [3.8, 4) is 11.5 Å². The van der Waals surface area contributed by atoms with Crippen LogP contribution in [0.1, 0.15) is 17.2 Å². The van der Waals surface area contributed by atoms with E-state index in [9.17, 15) is 9.18 Å². The van der Waals surface area contributed by atoms with Crippen LogP contribution in [0.2, 0.25) is 0 Å². The van der Waals surface area contributed by atoms with Gasteiger partial charge >= 0.3 is 0 Å². The predicted molar refractivity (Wildman–Crippen MR) is 114 cm³/mol. The van der Waals surface area contributed by atoms with Gasteiger partial charge in [-0.15, -0.1) is 11.8 Å². The third-order valence-electron chi connectivity index (χ3n) is 4.75. The zero-order chi connectivity index (χ0) is 20.1. The second-order valence-corrected chi connectivity index (χ2v) is 8.17. The lowest BCUT2D eigenvalue weighted by molar-refractivity contribution is -0.121. The zero-order valence-electron chi connectivity index (χ0n) is 15.8. The second kappa shape index (κ2) is 9.13. The van der Waals surface area contributed by atoms with Crippen LogP contribution >= 0.6 is 11.8 Å². The Morgan fingerprint density at radius 2 is 2.07 bits per heavy atom. The largest absolute Gasteiger partial charge is 0.457 e. The highest BCUT2D eigenvalue weighted by atomic mass is 32.2. The van der Waals surface area contributed by atoms with E-state index in [1.807, 2.05) is 36.5 Å². The Balaban J connectivity index is 1.42. The molecule has 0 spiro atoms. The van der Waals surface area contributed by atoms with Gasteiger partial charge in [0, 0.05) is 25.0 Å². The number of aliphatic imine (C=N–C) groups is 1. The van der Waals surface area contributed by atoms with E-state index in [1.54, 1.807) is 30.1 Å². The summed E-state index contributed by atoms with van der Waals surface area (Å²) in [5.41, 5.74) is 0.898. The molecule has 2 aromatic carbocycles. The fourth-order valence-electron chi connectivity index (χ4n) is 3.34. The molecule has 2 aromatic rings. The summed E-state index contributed by atoms with van der Waals surface area (Å²) in [6, 6.07) is 13.5. The van der Waals surface area contributed by atoms with Crippen LogP contribution in [0.3, 0.4) is 0 Å². The van der Waals surface area contributed by atoms with Crippen LogP contribution in [0.25, 0.3) is 0 Å². The number of hydrogen-bond donors (Lipinski definition) is 1. The average molecular weight is 412 g/mol. The number of carbonyl (C=O) groups excluding carboxylic acids is 1. The topological polar surface area (TPSA) is 53.9 Å². The Morgan fingerprint density at radius 1 is 1.21 bits per heavy atom. The van der Waals surface area contributed by atoms with Crippen molar-refractivity contribution in [3.63, 3.8) is 0 Å². The summed E-state index contributed by atoms with van der Waals surface area (Å²) in [6.45, 7) is 1.38. The van der Waals surface area contributed by atoms with Gasteiger partial charge in [-0.3, -0.25) is 9.79 Å². The van der Waals surface area contributed by atoms with Gasteiger partial charge in [0.2, 0.25) is 5.91 Å². The minimum absolute atomic E-state index is 0.0147. The van der Waals surface area contributed by atoms with Crippen LogP contribution in [0.4, 0.5) is 4.39 Å². The Kier molecular flexibility index (Phi) is 6.14. The number of thioether (sulfide) groups is 1. The van der Waals surface area contributed by atoms with Gasteiger partial charge in [0.05, 0.1) is 0 Å². The summed E-state index contributed by atoms with van der Waals surface area (Å²) in [5.74, 6) is 1.77. The highest BCUT2D eigenvalue weighted by Gasteiger charge is 2.28. The number of nitrogens with one attached hydrogen (secondary N) is 1. The zero-order valence-corrected chi connectivity index (χ0v) is 16.6. The van der Waals surface area contributed by atoms with E-state index in [0.29, 0.717) is 18.2 Å². The quantitative estimate of drug-likeness (QED) is 0.804. The molecule has 0 aliphatic carbocycles. The van der Waals surface area contributed by atoms with Gasteiger partial charge in [0.25, 0.3) is 0 Å². The number of benzene rings is 2. The molecule has 2 heterocycles. The number of halogens is 1. The molecule has 0 unspecified atom stereocenters. The van der Waals surface area contributed by atoms with Gasteiger partial charge < -0.3 is 15.0 Å². The third kappa shape index (κ3) is 5.17. The highest BCUT2D eigenvalue weighted by Crippen LogP contribution is 2.34. The SMILES string of the molecule is O=C1N[C@H](CN2C=CC=NC2)CCS[C@@H]1c1cccc(Oc2ccc(F)cc2)c1. The molecule has 0 aromatic heterocycles. The van der Waals surface area contributed by atoms with Crippen molar-refractivity contribution < 1.29 is 13.9 Å². The van der Waals surface area contributed by atoms with Crippen LogP contribution in [-0.4, -0.2) is 42.0 Å². The normalized spacial score (nSPS) is 21.6. The van der Waals surface area contributed by atoms with Crippen LogP contribution < -0.4 is 10.1 Å². The Hall–Kier alpha value is -2.80. The summed E-state index contributed by atoms with van der Waals surface area (Å²) >= 11 is 1.64. The molecule has 1 fully saturated rings. The van der Waals surface area contributed by atoms with E-state index in [1.165, 1.54) is 12.1 Å². The maximum Gasteiger partial charge on any atom is 0.237 e. The fourth-order valence-corrected chi connectivity index (χ4v) is 4.55. The Bertz CT molecular complexity index is 917. The van der Waals surface area contributed by atoms with Crippen LogP contribution in [0.5, 0.6) is 11.5 Å². The molecule has 0 bridgehead atoms. The van der Waals surface area contributed by atoms with Crippen molar-refractivity contribution in [1.29, 1.82) is 0 Å². The number of hydrogen-bond acceptors (Lipinski definition) is 5. The molecule has 1 saturated heterocycles. The standard InChI is InChI=1S/C22H22FN3O2S/c23-17-5-7-19(8-6-17)28-20-4-1-3-16(13-20)21-22(27)25-18(9-12-29-21)14-26-11-2-10-24-15-26/h1-8,10-11,13,18,21H,9,12,14-15H2,(H,25,27)/t18-,21+/m0/s1. The second-order valence-electron chi connectivity index (χ2n) is 6.96. The van der Waals surface area contributed by atoms with Crippen molar-refractivity contribution in [2.24, 2.45) is 4.99 Å². The molecule has 2 aliphatic heterocycles. The first-order valence-electron chi connectivity index (χ1n) is 9.53. The van der Waals surface area contributed by atoms with E-state index >= 15 is 0 Å². The van der Waals surface area contributed by atoms with E-state index in [2.05, 4.69) is 15.2 Å². The number of rotatable bonds is 5. The predicted octanol–water partition coefficient (Wildman–Crippen LogP) is 4.14. The fraction of sp³-hybridized carbons (Fsp3) is 0.273. The summed E-state index contributed by atoms with van der Waals surface area (Å²) in [4.78, 5) is 19.2. The summed E-state index contributed by atoms with van der Waals surface area (Å²) < 4.78 is 18.9. The van der Waals surface area contributed by atoms with E-state index in [0.717, 1.165) is 24.3 Å². The lowest BCUT2D eigenvalue weighted by atomic mass is 10.1. The molecular formula is C22H22FN3O2S. The monoisotopic (exact) mass is 411 g/mol. The number of amides is 1. The minimum atomic E-state index is -0.306. The van der Waals surface area contributed by atoms with E-state index in [-0.39, 0.29) is 23.0 Å². The van der Waals surface area contributed by atoms with Gasteiger partial charge in [-0.1, -0.05) is 12.1 Å². The molecule has 5 nitrogen and oxygen atoms in total. The van der Waals surface area contributed by atoms with Crippen LogP contribution in [0, 0.1) is 5.82 Å². The van der Waals surface area contributed by atoms with E-state index in [4.69, 9.17) is 4.74 Å². The summed E-state index contributed by atoms with van der Waals surface area (Å²) in [5, 5.41) is 2.89. The van der Waals surface area contributed by atoms with Gasteiger partial charge in [-0.05, 0) is 60.2 Å². The average Bonchev–Trinajstić information content (AvgIpc) is 2.91. The lowest BCUT2D eigenvalue weighted by Crippen LogP contribution is -2.43. The molecular weight excluding hydrogens is 389 g/mol. The molecule has 0 radical (unpaired) electrons. The molecule has 2 aliphatic rings. The van der Waals surface area contributed by atoms with Gasteiger partial charge in [-0.2, -0.15) is 0 Å². The van der Waals surface area contributed by atoms with Crippen molar-refractivity contribution in [2.75, 3.05) is 19.0 Å². The molecule has 1 amide bonds. The molecule has 150 valence electrons. The van der Waals surface area contributed by atoms with E-state index < -0.39 is 0 Å². The number of nitrogens with zero attached hydrogens (tertiary/aromatic N) is 2. The van der Waals surface area contributed by atoms with Crippen molar-refractivity contribution >= 4 is 23.9 Å². The molecule has 7 heteroatoms. The minimum Gasteiger partial charge on any atom is -0.457 e. The van der Waals surface area contributed by atoms with Crippen LogP contribution in [-0.2, 0) is 4.79 Å². The number of allylic oxidation sites excluding steroid dienone is 1. The Labute approximate surface area is 173 Å². The first kappa shape index (κ1) is 19.5. The summed E-state index contributed by atoms with van der Waals surface area (Å²) in [7, 11) is 0. The van der Waals surface area contributed by atoms with Crippen molar-refractivity contribution in [3.05, 3.63) is 72.2 Å². The number of carbonyl (C=O) groups is 1. The molecule has 0 saturated carbocycles. The van der Waals surface area contributed by atoms with Crippen LogP contribution in [0.15, 0.2) is 65.8 Å². The molecule has 1 N–H and O–H groups in total. The molecule has 29 heavy (non-hydrogen) atoms. The first-order chi connectivity index (χ1) is 14.2. The molecule has 2 atom stereocenters. The number of ether oxygens (including phenoxy) is 1. The van der Waals surface area contributed by atoms with Crippen molar-refractivity contribution in [1.82, 2.24) is 10.2 Å². The van der Waals surface area contributed by atoms with Crippen molar-refractivity contribution in [2.45, 2.75) is 17.7 Å². The van der Waals surface area contributed by atoms with Gasteiger partial charge in [0.1, 0.15) is 29.2 Å². The third-order valence-corrected chi connectivity index (χ3v) is 6.04. The summed E-state index contributed by atoms with van der Waals surface area (Å²) in [6.07, 6.45) is 6.61. The Morgan fingerprint density at radius 3 is 2.86 bits per heavy atom. The maximum atomic E-state index is 13.1. The first-order valence-corrected chi connectivity index (χ1v) is 10.6. The van der Waals surface area contributed by atoms with Gasteiger partial charge in [-0.25, -0.2) is 4.39 Å². The highest BCUT2D eigenvalue weighted by molar-refractivity contribution is 8.00. The maximum absolute atomic E-state index is 13.1. The molecule has 4 rings (SSSR count). The smallest absolute Gasteiger partial charge is 0.237 e.